The van der Waals surface area contributed by atoms with Gasteiger partial charge in [0, 0.05) is 19.7 Å². The van der Waals surface area contributed by atoms with E-state index in [1.165, 1.54) is 0 Å². The minimum atomic E-state index is -0.663. The third-order valence-corrected chi connectivity index (χ3v) is 3.04. The summed E-state index contributed by atoms with van der Waals surface area (Å²) in [4.78, 5) is 4.37. The Morgan fingerprint density at radius 3 is 2.78 bits per heavy atom. The molecular weight excluding hydrogens is 294 g/mol. The van der Waals surface area contributed by atoms with Crippen LogP contribution in [0.1, 0.15) is 19.4 Å². The number of benzene rings is 1. The standard InChI is InChI=1S/C17H29N3O3/c1-5-18-17(20-14(3)11-22-4)19-10-15(21)12-23-16-8-6-7-13(2)9-16/h6-9,14-15,21H,5,10-12H2,1-4H3,(H2,18,19,20). The highest BCUT2D eigenvalue weighted by Crippen LogP contribution is 2.12. The zero-order chi connectivity index (χ0) is 17.1. The predicted octanol–water partition coefficient (Wildman–Crippen LogP) is 1.32. The van der Waals surface area contributed by atoms with Crippen LogP contribution < -0.4 is 15.4 Å². The molecule has 0 saturated heterocycles. The zero-order valence-electron chi connectivity index (χ0n) is 14.5. The van der Waals surface area contributed by atoms with Crippen molar-refractivity contribution in [3.63, 3.8) is 0 Å². The maximum absolute atomic E-state index is 10.0. The molecule has 1 aromatic rings. The molecule has 6 heteroatoms. The van der Waals surface area contributed by atoms with Gasteiger partial charge in [-0.1, -0.05) is 12.1 Å². The van der Waals surface area contributed by atoms with Gasteiger partial charge < -0.3 is 25.2 Å². The summed E-state index contributed by atoms with van der Waals surface area (Å²) in [6.07, 6.45) is -0.663. The molecule has 0 bridgehead atoms. The van der Waals surface area contributed by atoms with E-state index >= 15 is 0 Å². The van der Waals surface area contributed by atoms with Crippen LogP contribution in [0.3, 0.4) is 0 Å². The Bertz CT molecular complexity index is 480. The molecule has 1 rings (SSSR count). The Labute approximate surface area is 138 Å². The average Bonchev–Trinajstić information content (AvgIpc) is 2.51. The first kappa shape index (κ1) is 19.3. The number of nitrogens with one attached hydrogen (secondary N) is 2. The average molecular weight is 323 g/mol. The van der Waals surface area contributed by atoms with E-state index in [0.717, 1.165) is 17.9 Å². The fraction of sp³-hybridized carbons (Fsp3) is 0.588. The highest BCUT2D eigenvalue weighted by atomic mass is 16.5. The Hall–Kier alpha value is -1.79. The largest absolute Gasteiger partial charge is 0.491 e. The number of methoxy groups -OCH3 is 1. The van der Waals surface area contributed by atoms with Gasteiger partial charge in [0.1, 0.15) is 18.5 Å². The number of guanidine groups is 1. The number of aliphatic hydroxyl groups is 1. The maximum Gasteiger partial charge on any atom is 0.191 e. The van der Waals surface area contributed by atoms with Gasteiger partial charge in [-0.3, -0.25) is 4.99 Å². The van der Waals surface area contributed by atoms with Crippen LogP contribution in [0.25, 0.3) is 0 Å². The first-order valence-electron chi connectivity index (χ1n) is 7.96. The van der Waals surface area contributed by atoms with Gasteiger partial charge in [-0.2, -0.15) is 0 Å². The van der Waals surface area contributed by atoms with Crippen molar-refractivity contribution < 1.29 is 14.6 Å². The molecule has 0 amide bonds. The van der Waals surface area contributed by atoms with Crippen LogP contribution in [0, 0.1) is 6.92 Å². The van der Waals surface area contributed by atoms with Crippen LogP contribution >= 0.6 is 0 Å². The van der Waals surface area contributed by atoms with Crippen LogP contribution in [-0.4, -0.2) is 56.6 Å². The molecule has 130 valence electrons. The van der Waals surface area contributed by atoms with Crippen molar-refractivity contribution in [3.8, 4) is 5.75 Å². The van der Waals surface area contributed by atoms with Gasteiger partial charge >= 0.3 is 0 Å². The first-order valence-corrected chi connectivity index (χ1v) is 7.96. The normalized spacial score (nSPS) is 14.2. The van der Waals surface area contributed by atoms with E-state index < -0.39 is 6.10 Å². The van der Waals surface area contributed by atoms with Gasteiger partial charge in [-0.25, -0.2) is 0 Å². The van der Waals surface area contributed by atoms with Gasteiger partial charge in [-0.05, 0) is 38.5 Å². The molecule has 6 nitrogen and oxygen atoms in total. The summed E-state index contributed by atoms with van der Waals surface area (Å²) in [5, 5.41) is 16.4. The number of hydrogen-bond acceptors (Lipinski definition) is 4. The third kappa shape index (κ3) is 8.42. The minimum absolute atomic E-state index is 0.137. The molecule has 1 aromatic carbocycles. The second-order valence-electron chi connectivity index (χ2n) is 5.50. The second-order valence-corrected chi connectivity index (χ2v) is 5.50. The number of aryl methyl sites for hydroxylation is 1. The SMILES string of the molecule is CCNC(=NCC(O)COc1cccc(C)c1)NC(C)COC. The smallest absolute Gasteiger partial charge is 0.191 e. The molecular formula is C17H29N3O3. The molecule has 0 spiro atoms. The molecule has 23 heavy (non-hydrogen) atoms. The van der Waals surface area contributed by atoms with Crippen molar-refractivity contribution in [2.45, 2.75) is 32.9 Å². The number of aliphatic imine (C=N–C) groups is 1. The predicted molar refractivity (Wildman–Crippen MR) is 93.1 cm³/mol. The van der Waals surface area contributed by atoms with E-state index in [-0.39, 0.29) is 19.2 Å². The Kier molecular flexibility index (Phi) is 9.09. The fourth-order valence-corrected chi connectivity index (χ4v) is 1.99. The van der Waals surface area contributed by atoms with E-state index in [2.05, 4.69) is 15.6 Å². The Morgan fingerprint density at radius 1 is 1.35 bits per heavy atom. The molecule has 0 aliphatic rings. The summed E-state index contributed by atoms with van der Waals surface area (Å²) in [5.74, 6) is 1.42. The molecule has 0 aliphatic carbocycles. The summed E-state index contributed by atoms with van der Waals surface area (Å²) >= 11 is 0. The van der Waals surface area contributed by atoms with Crippen molar-refractivity contribution in [2.24, 2.45) is 4.99 Å². The first-order chi connectivity index (χ1) is 11.0. The monoisotopic (exact) mass is 323 g/mol. The fourth-order valence-electron chi connectivity index (χ4n) is 1.99. The molecule has 3 N–H and O–H groups in total. The number of hydrogen-bond donors (Lipinski definition) is 3. The zero-order valence-corrected chi connectivity index (χ0v) is 14.5. The summed E-state index contributed by atoms with van der Waals surface area (Å²) in [6.45, 7) is 7.82. The number of nitrogens with zero attached hydrogens (tertiary/aromatic N) is 1. The van der Waals surface area contributed by atoms with Gasteiger partial charge in [0.05, 0.1) is 13.2 Å². The minimum Gasteiger partial charge on any atom is -0.491 e. The number of rotatable bonds is 9. The summed E-state index contributed by atoms with van der Waals surface area (Å²) < 4.78 is 10.7. The van der Waals surface area contributed by atoms with Gasteiger partial charge in [0.25, 0.3) is 0 Å². The second kappa shape index (κ2) is 10.9. The molecule has 0 aliphatic heterocycles. The van der Waals surface area contributed by atoms with Crippen LogP contribution in [0.4, 0.5) is 0 Å². The summed E-state index contributed by atoms with van der Waals surface area (Å²) in [5.41, 5.74) is 1.13. The van der Waals surface area contributed by atoms with Crippen molar-refractivity contribution in [1.82, 2.24) is 10.6 Å². The molecule has 0 saturated carbocycles. The van der Waals surface area contributed by atoms with E-state index in [1.807, 2.05) is 45.0 Å². The van der Waals surface area contributed by atoms with Crippen LogP contribution in [0.5, 0.6) is 5.75 Å². The highest BCUT2D eigenvalue weighted by molar-refractivity contribution is 5.80. The van der Waals surface area contributed by atoms with Crippen molar-refractivity contribution >= 4 is 5.96 Å². The van der Waals surface area contributed by atoms with Crippen LogP contribution in [0.15, 0.2) is 29.3 Å². The van der Waals surface area contributed by atoms with E-state index in [9.17, 15) is 5.11 Å². The van der Waals surface area contributed by atoms with Crippen molar-refractivity contribution in [1.29, 1.82) is 0 Å². The van der Waals surface area contributed by atoms with Crippen molar-refractivity contribution in [3.05, 3.63) is 29.8 Å². The van der Waals surface area contributed by atoms with Crippen LogP contribution in [0.2, 0.25) is 0 Å². The topological polar surface area (TPSA) is 75.1 Å². The Balaban J connectivity index is 2.44. The quantitative estimate of drug-likeness (QED) is 0.472. The molecule has 2 unspecified atom stereocenters. The molecule has 0 fully saturated rings. The van der Waals surface area contributed by atoms with E-state index in [0.29, 0.717) is 12.6 Å². The van der Waals surface area contributed by atoms with Gasteiger partial charge in [-0.15, -0.1) is 0 Å². The highest BCUT2D eigenvalue weighted by Gasteiger charge is 2.08. The van der Waals surface area contributed by atoms with Crippen molar-refractivity contribution in [2.75, 3.05) is 33.4 Å². The Morgan fingerprint density at radius 2 is 2.13 bits per heavy atom. The maximum atomic E-state index is 10.0. The lowest BCUT2D eigenvalue weighted by Crippen LogP contribution is -2.44. The lowest BCUT2D eigenvalue weighted by Gasteiger charge is -2.18. The molecule has 2 atom stereocenters. The van der Waals surface area contributed by atoms with E-state index in [1.54, 1.807) is 7.11 Å². The summed E-state index contributed by atoms with van der Waals surface area (Å²) in [7, 11) is 1.66. The molecule has 0 radical (unpaired) electrons. The number of ether oxygens (including phenoxy) is 2. The van der Waals surface area contributed by atoms with E-state index in [4.69, 9.17) is 9.47 Å². The molecule has 0 aromatic heterocycles. The number of aliphatic hydroxyl groups excluding tert-OH is 1. The van der Waals surface area contributed by atoms with Gasteiger partial charge in [0.15, 0.2) is 5.96 Å². The van der Waals surface area contributed by atoms with Gasteiger partial charge in [0.2, 0.25) is 0 Å². The lowest BCUT2D eigenvalue weighted by molar-refractivity contribution is 0.114. The summed E-state index contributed by atoms with van der Waals surface area (Å²) in [6, 6.07) is 7.89. The van der Waals surface area contributed by atoms with Crippen LogP contribution in [-0.2, 0) is 4.74 Å². The lowest BCUT2D eigenvalue weighted by atomic mass is 10.2. The molecule has 0 heterocycles. The third-order valence-electron chi connectivity index (χ3n) is 3.04.